The quantitative estimate of drug-likeness (QED) is 0.729. The van der Waals surface area contributed by atoms with Crippen LogP contribution >= 0.6 is 11.6 Å². The van der Waals surface area contributed by atoms with Crippen LogP contribution in [0.4, 0.5) is 5.69 Å². The summed E-state index contributed by atoms with van der Waals surface area (Å²) < 4.78 is 5.57. The number of carbonyl (C=O) groups is 1. The van der Waals surface area contributed by atoms with Crippen molar-refractivity contribution in [1.29, 1.82) is 0 Å². The van der Waals surface area contributed by atoms with E-state index in [1.54, 1.807) is 12.1 Å². The minimum atomic E-state index is -0.144. The molecule has 28 heavy (non-hydrogen) atoms. The first-order valence-corrected chi connectivity index (χ1v) is 10.3. The lowest BCUT2D eigenvalue weighted by atomic mass is 9.99. The van der Waals surface area contributed by atoms with Gasteiger partial charge >= 0.3 is 0 Å². The summed E-state index contributed by atoms with van der Waals surface area (Å²) in [7, 11) is 0. The molecule has 0 saturated carbocycles. The van der Waals surface area contributed by atoms with Crippen LogP contribution in [0.5, 0.6) is 5.75 Å². The van der Waals surface area contributed by atoms with Gasteiger partial charge in [-0.05, 0) is 74.1 Å². The number of carbonyl (C=O) groups excluding carboxylic acids is 1. The lowest BCUT2D eigenvalue weighted by Gasteiger charge is -2.33. The van der Waals surface area contributed by atoms with Crippen LogP contribution < -0.4 is 15.0 Å². The molecule has 0 bridgehead atoms. The van der Waals surface area contributed by atoms with Crippen molar-refractivity contribution in [1.82, 2.24) is 5.32 Å². The fourth-order valence-electron chi connectivity index (χ4n) is 3.62. The number of halogens is 1. The molecule has 4 nitrogen and oxygen atoms in total. The normalized spacial score (nSPS) is 17.9. The van der Waals surface area contributed by atoms with Crippen LogP contribution in [0.1, 0.15) is 43.9 Å². The van der Waals surface area contributed by atoms with Crippen LogP contribution in [-0.4, -0.2) is 25.6 Å². The van der Waals surface area contributed by atoms with Gasteiger partial charge in [-0.15, -0.1) is 0 Å². The SMILES string of the molecule is Cc1cc(OCC(=O)N[C@H](C)c2ccc(N3CCC[C@@H](C)C3)cc2)ccc1Cl. The van der Waals surface area contributed by atoms with Gasteiger partial charge in [0, 0.05) is 23.8 Å². The molecule has 2 aromatic rings. The third-order valence-electron chi connectivity index (χ3n) is 5.29. The van der Waals surface area contributed by atoms with Gasteiger partial charge in [0.1, 0.15) is 5.75 Å². The Morgan fingerprint density at radius 3 is 2.71 bits per heavy atom. The van der Waals surface area contributed by atoms with Crippen LogP contribution in [-0.2, 0) is 4.79 Å². The van der Waals surface area contributed by atoms with Crippen LogP contribution in [0, 0.1) is 12.8 Å². The zero-order valence-electron chi connectivity index (χ0n) is 16.9. The van der Waals surface area contributed by atoms with Crippen molar-refractivity contribution >= 4 is 23.2 Å². The molecule has 1 heterocycles. The molecule has 2 atom stereocenters. The van der Waals surface area contributed by atoms with E-state index in [9.17, 15) is 4.79 Å². The van der Waals surface area contributed by atoms with E-state index >= 15 is 0 Å². The van der Waals surface area contributed by atoms with Gasteiger partial charge in [-0.2, -0.15) is 0 Å². The van der Waals surface area contributed by atoms with Crippen molar-refractivity contribution in [3.63, 3.8) is 0 Å². The fraction of sp³-hybridized carbons (Fsp3) is 0.435. The molecule has 0 radical (unpaired) electrons. The molecule has 0 aromatic heterocycles. The standard InChI is InChI=1S/C23H29ClN2O2/c1-16-5-4-12-26(14-16)20-8-6-19(7-9-20)18(3)25-23(27)15-28-21-10-11-22(24)17(2)13-21/h6-11,13,16,18H,4-5,12,14-15H2,1-3H3,(H,25,27)/t16-,18-/m1/s1. The van der Waals surface area contributed by atoms with Crippen molar-refractivity contribution in [2.45, 2.75) is 39.7 Å². The van der Waals surface area contributed by atoms with Crippen molar-refractivity contribution in [2.24, 2.45) is 5.92 Å². The Labute approximate surface area is 172 Å². The average Bonchev–Trinajstić information content (AvgIpc) is 2.69. The Hall–Kier alpha value is -2.20. The first kappa shape index (κ1) is 20.5. The highest BCUT2D eigenvalue weighted by Crippen LogP contribution is 2.25. The zero-order chi connectivity index (χ0) is 20.1. The van der Waals surface area contributed by atoms with Crippen LogP contribution in [0.2, 0.25) is 5.02 Å². The lowest BCUT2D eigenvalue weighted by Crippen LogP contribution is -2.34. The summed E-state index contributed by atoms with van der Waals surface area (Å²) in [4.78, 5) is 14.7. The second kappa shape index (κ2) is 9.33. The predicted octanol–water partition coefficient (Wildman–Crippen LogP) is 5.14. The molecular weight excluding hydrogens is 372 g/mol. The highest BCUT2D eigenvalue weighted by molar-refractivity contribution is 6.31. The molecule has 1 amide bonds. The molecule has 1 aliphatic heterocycles. The number of ether oxygens (including phenoxy) is 1. The Morgan fingerprint density at radius 2 is 2.04 bits per heavy atom. The number of nitrogens with zero attached hydrogens (tertiary/aromatic N) is 1. The summed E-state index contributed by atoms with van der Waals surface area (Å²) in [6, 6.07) is 13.8. The van der Waals surface area contributed by atoms with E-state index in [-0.39, 0.29) is 18.6 Å². The van der Waals surface area contributed by atoms with Gasteiger partial charge in [0.15, 0.2) is 6.61 Å². The molecule has 1 aliphatic rings. The van der Waals surface area contributed by atoms with Gasteiger partial charge in [0.05, 0.1) is 6.04 Å². The van der Waals surface area contributed by atoms with E-state index in [0.717, 1.165) is 30.1 Å². The number of anilines is 1. The van der Waals surface area contributed by atoms with Crippen LogP contribution in [0.25, 0.3) is 0 Å². The number of hydrogen-bond donors (Lipinski definition) is 1. The highest BCUT2D eigenvalue weighted by Gasteiger charge is 2.17. The third kappa shape index (κ3) is 5.41. The lowest BCUT2D eigenvalue weighted by molar-refractivity contribution is -0.123. The topological polar surface area (TPSA) is 41.6 Å². The monoisotopic (exact) mass is 400 g/mol. The van der Waals surface area contributed by atoms with Gasteiger partial charge in [0.25, 0.3) is 5.91 Å². The average molecular weight is 401 g/mol. The number of hydrogen-bond acceptors (Lipinski definition) is 3. The number of aryl methyl sites for hydroxylation is 1. The Balaban J connectivity index is 1.51. The first-order chi connectivity index (χ1) is 13.4. The maximum Gasteiger partial charge on any atom is 0.258 e. The first-order valence-electron chi connectivity index (χ1n) is 9.95. The number of rotatable bonds is 6. The van der Waals surface area contributed by atoms with E-state index in [1.807, 2.05) is 19.9 Å². The molecule has 0 unspecified atom stereocenters. The van der Waals surface area contributed by atoms with Gasteiger partial charge in [0.2, 0.25) is 0 Å². The van der Waals surface area contributed by atoms with Crippen molar-refractivity contribution in [3.8, 4) is 5.75 Å². The Bertz CT molecular complexity index is 807. The largest absolute Gasteiger partial charge is 0.484 e. The molecule has 1 N–H and O–H groups in total. The van der Waals surface area contributed by atoms with Crippen LogP contribution in [0.3, 0.4) is 0 Å². The van der Waals surface area contributed by atoms with Crippen molar-refractivity contribution < 1.29 is 9.53 Å². The number of amides is 1. The zero-order valence-corrected chi connectivity index (χ0v) is 17.6. The molecular formula is C23H29ClN2O2. The number of benzene rings is 2. The smallest absolute Gasteiger partial charge is 0.258 e. The summed E-state index contributed by atoms with van der Waals surface area (Å²) in [5.74, 6) is 1.25. The fourth-order valence-corrected chi connectivity index (χ4v) is 3.74. The van der Waals surface area contributed by atoms with Crippen molar-refractivity contribution in [2.75, 3.05) is 24.6 Å². The summed E-state index contributed by atoms with van der Waals surface area (Å²) in [6.45, 7) is 8.43. The summed E-state index contributed by atoms with van der Waals surface area (Å²) in [5, 5.41) is 3.68. The Kier molecular flexibility index (Phi) is 6.84. The van der Waals surface area contributed by atoms with E-state index < -0.39 is 0 Å². The van der Waals surface area contributed by atoms with Crippen molar-refractivity contribution in [3.05, 3.63) is 58.6 Å². The van der Waals surface area contributed by atoms with E-state index in [2.05, 4.69) is 41.4 Å². The van der Waals surface area contributed by atoms with Gasteiger partial charge in [-0.1, -0.05) is 30.7 Å². The molecule has 5 heteroatoms. The molecule has 0 aliphatic carbocycles. The maximum atomic E-state index is 12.2. The third-order valence-corrected chi connectivity index (χ3v) is 5.72. The van der Waals surface area contributed by atoms with E-state index in [4.69, 9.17) is 16.3 Å². The second-order valence-corrected chi connectivity index (χ2v) is 8.18. The van der Waals surface area contributed by atoms with Gasteiger partial charge in [-0.3, -0.25) is 4.79 Å². The van der Waals surface area contributed by atoms with Gasteiger partial charge < -0.3 is 15.0 Å². The minimum absolute atomic E-state index is 0.0187. The summed E-state index contributed by atoms with van der Waals surface area (Å²) in [5.41, 5.74) is 3.27. The molecule has 0 spiro atoms. The van der Waals surface area contributed by atoms with E-state index in [1.165, 1.54) is 18.5 Å². The minimum Gasteiger partial charge on any atom is -0.484 e. The predicted molar refractivity (Wildman–Crippen MR) is 115 cm³/mol. The second-order valence-electron chi connectivity index (χ2n) is 7.77. The number of nitrogens with one attached hydrogen (secondary N) is 1. The van der Waals surface area contributed by atoms with Gasteiger partial charge in [-0.25, -0.2) is 0 Å². The summed E-state index contributed by atoms with van der Waals surface area (Å²) in [6.07, 6.45) is 2.57. The summed E-state index contributed by atoms with van der Waals surface area (Å²) >= 11 is 6.01. The molecule has 3 rings (SSSR count). The highest BCUT2D eigenvalue weighted by atomic mass is 35.5. The molecule has 2 aromatic carbocycles. The maximum absolute atomic E-state index is 12.2. The molecule has 1 saturated heterocycles. The number of piperidine rings is 1. The van der Waals surface area contributed by atoms with Crippen LogP contribution in [0.15, 0.2) is 42.5 Å². The van der Waals surface area contributed by atoms with E-state index in [0.29, 0.717) is 10.8 Å². The Morgan fingerprint density at radius 1 is 1.29 bits per heavy atom. The molecule has 1 fully saturated rings. The molecule has 150 valence electrons.